The van der Waals surface area contributed by atoms with Crippen LogP contribution in [0.2, 0.25) is 0 Å². The Hall–Kier alpha value is -4.71. The zero-order chi connectivity index (χ0) is 28.0. The number of nitrogens with zero attached hydrogens (tertiary/aromatic N) is 3. The maximum Gasteiger partial charge on any atom is 0.347 e. The van der Waals surface area contributed by atoms with Gasteiger partial charge in [0.15, 0.2) is 0 Å². The lowest BCUT2D eigenvalue weighted by Gasteiger charge is -2.39. The maximum absolute atomic E-state index is 13.4. The molecule has 1 amide bonds. The molecule has 1 aliphatic rings. The van der Waals surface area contributed by atoms with Gasteiger partial charge in [-0.25, -0.2) is 4.79 Å². The highest BCUT2D eigenvalue weighted by atomic mass is 16.5. The van der Waals surface area contributed by atoms with Crippen LogP contribution in [0.15, 0.2) is 60.7 Å². The fourth-order valence-electron chi connectivity index (χ4n) is 4.63. The molecule has 2 unspecified atom stereocenters. The standard InChI is InChI=1S/C27H28N4O8/c1-37-20-15-21(38-2)30-26(29-20)39-24(25(35)36)27(17-9-4-3-5-10-17)18-11-6-7-12-19(18)31(22(32)16-28-27)14-8-13-23(33)34/h3-7,9-12,15,24,28H,8,13-14,16H2,1-2H3,(H,33,34)(H,35,36). The fraction of sp³-hybridized carbons (Fsp3) is 0.296. The molecule has 0 saturated heterocycles. The average Bonchev–Trinajstić information content (AvgIpc) is 3.06. The van der Waals surface area contributed by atoms with Crippen LogP contribution in [0.4, 0.5) is 5.69 Å². The normalized spacial score (nSPS) is 17.5. The van der Waals surface area contributed by atoms with E-state index in [1.165, 1.54) is 25.2 Å². The lowest BCUT2D eigenvalue weighted by molar-refractivity contribution is -0.149. The highest BCUT2D eigenvalue weighted by Gasteiger charge is 2.52. The number of ether oxygens (including phenoxy) is 3. The summed E-state index contributed by atoms with van der Waals surface area (Å²) < 4.78 is 16.4. The molecule has 0 bridgehead atoms. The van der Waals surface area contributed by atoms with Crippen molar-refractivity contribution in [1.29, 1.82) is 0 Å². The van der Waals surface area contributed by atoms with E-state index in [4.69, 9.17) is 19.3 Å². The van der Waals surface area contributed by atoms with Gasteiger partial charge in [0, 0.05) is 24.2 Å². The van der Waals surface area contributed by atoms with Gasteiger partial charge in [0.2, 0.25) is 23.8 Å². The predicted octanol–water partition coefficient (Wildman–Crippen LogP) is 2.07. The topological polar surface area (TPSA) is 160 Å². The molecular formula is C27H28N4O8. The Morgan fingerprint density at radius 3 is 2.28 bits per heavy atom. The number of aliphatic carboxylic acids is 2. The van der Waals surface area contributed by atoms with Crippen molar-refractivity contribution in [2.24, 2.45) is 0 Å². The smallest absolute Gasteiger partial charge is 0.347 e. The van der Waals surface area contributed by atoms with Crippen LogP contribution in [-0.4, -0.2) is 71.4 Å². The fourth-order valence-corrected chi connectivity index (χ4v) is 4.63. The minimum atomic E-state index is -1.68. The number of para-hydroxylation sites is 1. The summed E-state index contributed by atoms with van der Waals surface area (Å²) in [5.41, 5.74) is -0.208. The number of carbonyl (C=O) groups is 3. The number of rotatable bonds is 11. The van der Waals surface area contributed by atoms with Crippen molar-refractivity contribution in [2.75, 3.05) is 32.2 Å². The third-order valence-corrected chi connectivity index (χ3v) is 6.36. The quantitative estimate of drug-likeness (QED) is 0.329. The van der Waals surface area contributed by atoms with Crippen molar-refractivity contribution < 1.29 is 38.8 Å². The van der Waals surface area contributed by atoms with Crippen LogP contribution in [-0.2, 0) is 19.9 Å². The third kappa shape index (κ3) is 5.60. The summed E-state index contributed by atoms with van der Waals surface area (Å²) in [6, 6.07) is 16.7. The van der Waals surface area contributed by atoms with Crippen molar-refractivity contribution in [2.45, 2.75) is 24.5 Å². The Labute approximate surface area is 224 Å². The Kier molecular flexibility index (Phi) is 8.25. The van der Waals surface area contributed by atoms with Crippen LogP contribution >= 0.6 is 0 Å². The van der Waals surface area contributed by atoms with Gasteiger partial charge in [-0.05, 0) is 18.1 Å². The minimum Gasteiger partial charge on any atom is -0.481 e. The van der Waals surface area contributed by atoms with Gasteiger partial charge >= 0.3 is 17.9 Å². The Balaban J connectivity index is 1.91. The number of benzene rings is 2. The largest absolute Gasteiger partial charge is 0.481 e. The summed E-state index contributed by atoms with van der Waals surface area (Å²) in [5.74, 6) is -2.48. The number of anilines is 1. The van der Waals surface area contributed by atoms with Crippen molar-refractivity contribution in [3.05, 3.63) is 71.8 Å². The second-order valence-corrected chi connectivity index (χ2v) is 8.66. The number of carboxylic acid groups (broad SMARTS) is 2. The number of carboxylic acids is 2. The molecule has 2 aromatic carbocycles. The van der Waals surface area contributed by atoms with Crippen LogP contribution in [0.1, 0.15) is 24.0 Å². The summed E-state index contributed by atoms with van der Waals surface area (Å²) in [6.45, 7) is -0.129. The molecule has 12 nitrogen and oxygen atoms in total. The van der Waals surface area contributed by atoms with Gasteiger partial charge in [-0.1, -0.05) is 48.5 Å². The SMILES string of the molecule is COc1cc(OC)nc(OC(C(=O)O)C2(c3ccccc3)NCC(=O)N(CCCC(=O)O)c3ccccc32)n1. The van der Waals surface area contributed by atoms with Crippen LogP contribution < -0.4 is 24.4 Å². The molecule has 4 rings (SSSR count). The lowest BCUT2D eigenvalue weighted by Crippen LogP contribution is -2.58. The molecule has 0 radical (unpaired) electrons. The van der Waals surface area contributed by atoms with E-state index in [2.05, 4.69) is 15.3 Å². The molecule has 12 heteroatoms. The first-order valence-corrected chi connectivity index (χ1v) is 12.1. The van der Waals surface area contributed by atoms with Gasteiger partial charge < -0.3 is 29.3 Å². The Morgan fingerprint density at radius 2 is 1.67 bits per heavy atom. The number of nitrogens with one attached hydrogen (secondary N) is 1. The molecule has 1 aromatic heterocycles. The molecule has 3 aromatic rings. The monoisotopic (exact) mass is 536 g/mol. The second-order valence-electron chi connectivity index (χ2n) is 8.66. The van der Waals surface area contributed by atoms with E-state index in [0.717, 1.165) is 0 Å². The molecule has 2 atom stereocenters. The zero-order valence-electron chi connectivity index (χ0n) is 21.4. The summed E-state index contributed by atoms with van der Waals surface area (Å²) in [4.78, 5) is 47.2. The third-order valence-electron chi connectivity index (χ3n) is 6.36. The van der Waals surface area contributed by atoms with Gasteiger partial charge in [0.25, 0.3) is 0 Å². The summed E-state index contributed by atoms with van der Waals surface area (Å²) in [6.07, 6.45) is -1.59. The molecule has 0 saturated carbocycles. The number of aromatic nitrogens is 2. The molecular weight excluding hydrogens is 508 g/mol. The molecule has 2 heterocycles. The molecule has 1 aliphatic heterocycles. The molecule has 39 heavy (non-hydrogen) atoms. The second kappa shape index (κ2) is 11.8. The summed E-state index contributed by atoms with van der Waals surface area (Å²) in [5, 5.41) is 22.9. The first kappa shape index (κ1) is 27.3. The van der Waals surface area contributed by atoms with Crippen molar-refractivity contribution in [1.82, 2.24) is 15.3 Å². The van der Waals surface area contributed by atoms with Crippen molar-refractivity contribution in [3.8, 4) is 17.8 Å². The summed E-state index contributed by atoms with van der Waals surface area (Å²) in [7, 11) is 2.78. The predicted molar refractivity (Wildman–Crippen MR) is 138 cm³/mol. The van der Waals surface area contributed by atoms with Crippen LogP contribution in [0, 0.1) is 0 Å². The van der Waals surface area contributed by atoms with E-state index in [1.54, 1.807) is 54.6 Å². The van der Waals surface area contributed by atoms with Crippen LogP contribution in [0.5, 0.6) is 17.8 Å². The highest BCUT2D eigenvalue weighted by Crippen LogP contribution is 2.42. The number of amides is 1. The maximum atomic E-state index is 13.4. The van der Waals surface area contributed by atoms with Gasteiger partial charge in [-0.15, -0.1) is 0 Å². The van der Waals surface area contributed by atoms with E-state index in [1.807, 2.05) is 0 Å². The first-order valence-electron chi connectivity index (χ1n) is 12.1. The van der Waals surface area contributed by atoms with E-state index < -0.39 is 23.6 Å². The van der Waals surface area contributed by atoms with E-state index in [9.17, 15) is 19.5 Å². The summed E-state index contributed by atoms with van der Waals surface area (Å²) >= 11 is 0. The lowest BCUT2D eigenvalue weighted by atomic mass is 9.77. The number of hydrogen-bond donors (Lipinski definition) is 3. The molecule has 3 N–H and O–H groups in total. The van der Waals surface area contributed by atoms with Gasteiger partial charge in [0.05, 0.1) is 26.8 Å². The highest BCUT2D eigenvalue weighted by molar-refractivity contribution is 5.97. The van der Waals surface area contributed by atoms with Crippen molar-refractivity contribution >= 4 is 23.5 Å². The molecule has 0 spiro atoms. The molecule has 204 valence electrons. The van der Waals surface area contributed by atoms with Crippen LogP contribution in [0.25, 0.3) is 0 Å². The zero-order valence-corrected chi connectivity index (χ0v) is 21.4. The molecule has 0 fully saturated rings. The minimum absolute atomic E-state index is 0.101. The average molecular weight is 537 g/mol. The number of hydrogen-bond acceptors (Lipinski definition) is 9. The molecule has 0 aliphatic carbocycles. The van der Waals surface area contributed by atoms with E-state index >= 15 is 0 Å². The first-order chi connectivity index (χ1) is 18.8. The Bertz CT molecular complexity index is 1330. The number of carbonyl (C=O) groups excluding carboxylic acids is 1. The number of fused-ring (bicyclic) bond motifs is 1. The van der Waals surface area contributed by atoms with Crippen molar-refractivity contribution in [3.63, 3.8) is 0 Å². The van der Waals surface area contributed by atoms with Gasteiger partial charge in [-0.3, -0.25) is 14.9 Å². The van der Waals surface area contributed by atoms with E-state index in [0.29, 0.717) is 16.8 Å². The Morgan fingerprint density at radius 1 is 1.03 bits per heavy atom. The number of methoxy groups -OCH3 is 2. The van der Waals surface area contributed by atoms with Gasteiger partial charge in [-0.2, -0.15) is 9.97 Å². The van der Waals surface area contributed by atoms with Crippen LogP contribution in [0.3, 0.4) is 0 Å². The van der Waals surface area contributed by atoms with Gasteiger partial charge in [0.1, 0.15) is 5.54 Å². The van der Waals surface area contributed by atoms with E-state index in [-0.39, 0.29) is 49.6 Å².